The second-order valence-corrected chi connectivity index (χ2v) is 8.34. The number of anilines is 2. The zero-order valence-corrected chi connectivity index (χ0v) is 18.5. The van der Waals surface area contributed by atoms with E-state index in [-0.39, 0.29) is 6.10 Å². The van der Waals surface area contributed by atoms with Gasteiger partial charge in [-0.05, 0) is 57.9 Å². The Balaban J connectivity index is 1.75. The van der Waals surface area contributed by atoms with E-state index in [2.05, 4.69) is 22.0 Å². The molecule has 1 heterocycles. The second-order valence-electron chi connectivity index (χ2n) is 8.34. The lowest BCUT2D eigenvalue weighted by atomic mass is 10.1. The number of fused-ring (bicyclic) bond motifs is 1. The Labute approximate surface area is 183 Å². The first-order valence-electron chi connectivity index (χ1n) is 11.1. The third-order valence-electron chi connectivity index (χ3n) is 5.76. The van der Waals surface area contributed by atoms with Crippen LogP contribution in [0.2, 0.25) is 0 Å². The third-order valence-corrected chi connectivity index (χ3v) is 5.76. The van der Waals surface area contributed by atoms with E-state index in [1.807, 2.05) is 51.1 Å². The number of aromatic nitrogens is 1. The summed E-state index contributed by atoms with van der Waals surface area (Å²) < 4.78 is 13.3. The van der Waals surface area contributed by atoms with Gasteiger partial charge in [-0.1, -0.05) is 25.0 Å². The average molecular weight is 422 g/mol. The lowest BCUT2D eigenvalue weighted by Crippen LogP contribution is -2.17. The van der Waals surface area contributed by atoms with E-state index in [4.69, 9.17) is 15.2 Å². The SMILES string of the molecule is CCOc1ccc2c(N)c(-c3ccc(NC(=O)OC(C)C)cc3)n(C3CCCC3)c2c1. The largest absolute Gasteiger partial charge is 0.494 e. The van der Waals surface area contributed by atoms with Crippen LogP contribution in [0.25, 0.3) is 22.2 Å². The summed E-state index contributed by atoms with van der Waals surface area (Å²) in [4.78, 5) is 11.9. The fraction of sp³-hybridized carbons (Fsp3) is 0.400. The molecular formula is C25H31N3O3. The number of carbonyl (C=O) groups is 1. The molecule has 0 aliphatic heterocycles. The van der Waals surface area contributed by atoms with Gasteiger partial charge in [0.1, 0.15) is 5.75 Å². The minimum atomic E-state index is -0.453. The lowest BCUT2D eigenvalue weighted by Gasteiger charge is -2.19. The molecule has 1 fully saturated rings. The molecule has 0 atom stereocenters. The van der Waals surface area contributed by atoms with Crippen LogP contribution < -0.4 is 15.8 Å². The van der Waals surface area contributed by atoms with Crippen LogP contribution in [-0.2, 0) is 4.74 Å². The number of nitrogens with two attached hydrogens (primary N) is 1. The summed E-state index contributed by atoms with van der Waals surface area (Å²) in [7, 11) is 0. The summed E-state index contributed by atoms with van der Waals surface area (Å²) in [5.74, 6) is 0.863. The highest BCUT2D eigenvalue weighted by Gasteiger charge is 2.25. The Morgan fingerprint density at radius 3 is 2.52 bits per heavy atom. The molecule has 0 radical (unpaired) electrons. The number of carbonyl (C=O) groups excluding carboxylic acids is 1. The van der Waals surface area contributed by atoms with Crippen LogP contribution in [0.4, 0.5) is 16.2 Å². The second kappa shape index (κ2) is 8.92. The molecule has 1 saturated carbocycles. The van der Waals surface area contributed by atoms with Crippen molar-refractivity contribution < 1.29 is 14.3 Å². The minimum Gasteiger partial charge on any atom is -0.494 e. The predicted octanol–water partition coefficient (Wildman–Crippen LogP) is 6.36. The highest BCUT2D eigenvalue weighted by molar-refractivity contribution is 6.01. The summed E-state index contributed by atoms with van der Waals surface area (Å²) in [5.41, 5.74) is 11.3. The van der Waals surface area contributed by atoms with E-state index in [1.54, 1.807) is 0 Å². The first kappa shape index (κ1) is 21.1. The Morgan fingerprint density at radius 1 is 1.16 bits per heavy atom. The molecule has 3 aromatic rings. The summed E-state index contributed by atoms with van der Waals surface area (Å²) in [6.07, 6.45) is 4.14. The zero-order valence-electron chi connectivity index (χ0n) is 18.5. The van der Waals surface area contributed by atoms with Gasteiger partial charge in [0, 0.05) is 28.7 Å². The molecule has 0 spiro atoms. The molecule has 1 amide bonds. The van der Waals surface area contributed by atoms with Gasteiger partial charge in [-0.2, -0.15) is 0 Å². The monoisotopic (exact) mass is 421 g/mol. The fourth-order valence-corrected chi connectivity index (χ4v) is 4.48. The van der Waals surface area contributed by atoms with Crippen LogP contribution >= 0.6 is 0 Å². The Morgan fingerprint density at radius 2 is 1.87 bits per heavy atom. The summed E-state index contributed by atoms with van der Waals surface area (Å²) >= 11 is 0. The van der Waals surface area contributed by atoms with Gasteiger partial charge in [-0.3, -0.25) is 5.32 Å². The van der Waals surface area contributed by atoms with Crippen molar-refractivity contribution in [2.45, 2.75) is 58.6 Å². The Bertz CT molecular complexity index is 1060. The van der Waals surface area contributed by atoms with Crippen molar-refractivity contribution in [1.82, 2.24) is 4.57 Å². The van der Waals surface area contributed by atoms with Crippen molar-refractivity contribution in [3.63, 3.8) is 0 Å². The van der Waals surface area contributed by atoms with Crippen LogP contribution in [0.5, 0.6) is 5.75 Å². The molecule has 1 aliphatic carbocycles. The molecule has 31 heavy (non-hydrogen) atoms. The number of benzene rings is 2. The van der Waals surface area contributed by atoms with Gasteiger partial charge in [0.2, 0.25) is 0 Å². The molecule has 0 bridgehead atoms. The third kappa shape index (κ3) is 4.33. The molecule has 6 heteroatoms. The van der Waals surface area contributed by atoms with Crippen molar-refractivity contribution >= 4 is 28.4 Å². The van der Waals surface area contributed by atoms with Crippen molar-refractivity contribution in [2.75, 3.05) is 17.7 Å². The Kier molecular flexibility index (Phi) is 6.07. The smallest absolute Gasteiger partial charge is 0.411 e. The van der Waals surface area contributed by atoms with Crippen LogP contribution in [0, 0.1) is 0 Å². The highest BCUT2D eigenvalue weighted by Crippen LogP contribution is 2.43. The number of nitrogens with zero attached hydrogens (tertiary/aromatic N) is 1. The first-order valence-corrected chi connectivity index (χ1v) is 11.1. The van der Waals surface area contributed by atoms with Crippen molar-refractivity contribution in [2.24, 2.45) is 0 Å². The lowest BCUT2D eigenvalue weighted by molar-refractivity contribution is 0.130. The van der Waals surface area contributed by atoms with Crippen LogP contribution in [0.1, 0.15) is 52.5 Å². The van der Waals surface area contributed by atoms with E-state index in [1.165, 1.54) is 12.8 Å². The maximum absolute atomic E-state index is 11.9. The normalized spacial score (nSPS) is 14.3. The van der Waals surface area contributed by atoms with Crippen molar-refractivity contribution in [3.8, 4) is 17.0 Å². The van der Waals surface area contributed by atoms with Gasteiger partial charge in [0.15, 0.2) is 0 Å². The Hall–Kier alpha value is -3.15. The summed E-state index contributed by atoms with van der Waals surface area (Å²) in [6.45, 7) is 6.27. The molecule has 2 aromatic carbocycles. The average Bonchev–Trinajstić information content (AvgIpc) is 3.35. The molecule has 6 nitrogen and oxygen atoms in total. The molecular weight excluding hydrogens is 390 g/mol. The molecule has 164 valence electrons. The number of nitrogen functional groups attached to an aromatic ring is 1. The first-order chi connectivity index (χ1) is 15.0. The number of hydrogen-bond donors (Lipinski definition) is 2. The predicted molar refractivity (Wildman–Crippen MR) is 126 cm³/mol. The van der Waals surface area contributed by atoms with E-state index < -0.39 is 6.09 Å². The zero-order chi connectivity index (χ0) is 22.0. The van der Waals surface area contributed by atoms with E-state index in [0.29, 0.717) is 18.3 Å². The van der Waals surface area contributed by atoms with Crippen LogP contribution in [-0.4, -0.2) is 23.4 Å². The van der Waals surface area contributed by atoms with Gasteiger partial charge in [-0.15, -0.1) is 0 Å². The molecule has 0 unspecified atom stereocenters. The highest BCUT2D eigenvalue weighted by atomic mass is 16.6. The van der Waals surface area contributed by atoms with Gasteiger partial charge >= 0.3 is 6.09 Å². The quantitative estimate of drug-likeness (QED) is 0.485. The van der Waals surface area contributed by atoms with E-state index in [0.717, 1.165) is 46.4 Å². The maximum atomic E-state index is 11.9. The van der Waals surface area contributed by atoms with Crippen molar-refractivity contribution in [3.05, 3.63) is 42.5 Å². The molecule has 0 saturated heterocycles. The maximum Gasteiger partial charge on any atom is 0.411 e. The van der Waals surface area contributed by atoms with Gasteiger partial charge in [-0.25, -0.2) is 4.79 Å². The topological polar surface area (TPSA) is 78.5 Å². The van der Waals surface area contributed by atoms with Crippen molar-refractivity contribution in [1.29, 1.82) is 0 Å². The summed E-state index contributed by atoms with van der Waals surface area (Å²) in [5, 5.41) is 3.82. The van der Waals surface area contributed by atoms with Crippen LogP contribution in [0.3, 0.4) is 0 Å². The molecule has 1 aliphatic rings. The molecule has 4 rings (SSSR count). The molecule has 1 aromatic heterocycles. The molecule has 3 N–H and O–H groups in total. The van der Waals surface area contributed by atoms with Gasteiger partial charge in [0.05, 0.1) is 29.6 Å². The minimum absolute atomic E-state index is 0.164. The number of ether oxygens (including phenoxy) is 2. The fourth-order valence-electron chi connectivity index (χ4n) is 4.48. The summed E-state index contributed by atoms with van der Waals surface area (Å²) in [6, 6.07) is 14.4. The van der Waals surface area contributed by atoms with Crippen LogP contribution in [0.15, 0.2) is 42.5 Å². The number of amides is 1. The number of nitrogens with one attached hydrogen (secondary N) is 1. The number of rotatable bonds is 6. The van der Waals surface area contributed by atoms with E-state index >= 15 is 0 Å². The standard InChI is InChI=1S/C25H31N3O3/c1-4-30-20-13-14-21-22(15-20)28(19-7-5-6-8-19)24(23(21)26)17-9-11-18(12-10-17)27-25(29)31-16(2)3/h9-16,19H,4-8,26H2,1-3H3,(H,27,29). The van der Waals surface area contributed by atoms with Gasteiger partial charge in [0.25, 0.3) is 0 Å². The van der Waals surface area contributed by atoms with E-state index in [9.17, 15) is 4.79 Å². The van der Waals surface area contributed by atoms with Gasteiger partial charge < -0.3 is 19.8 Å². The number of hydrogen-bond acceptors (Lipinski definition) is 4.